The molecule has 4 aromatic rings. The van der Waals surface area contributed by atoms with Gasteiger partial charge in [-0.3, -0.25) is 0 Å². The van der Waals surface area contributed by atoms with Gasteiger partial charge in [0.2, 0.25) is 0 Å². The van der Waals surface area contributed by atoms with Crippen molar-refractivity contribution in [2.24, 2.45) is 0 Å². The molecule has 0 aliphatic carbocycles. The van der Waals surface area contributed by atoms with Crippen molar-refractivity contribution in [3.63, 3.8) is 0 Å². The van der Waals surface area contributed by atoms with Crippen molar-refractivity contribution in [2.45, 2.75) is 27.0 Å². The van der Waals surface area contributed by atoms with Crippen LogP contribution < -0.4 is 0 Å². The smallest absolute Gasteiger partial charge is 0.331 e. The van der Waals surface area contributed by atoms with Crippen molar-refractivity contribution in [3.8, 4) is 0 Å². The molecule has 8 heteroatoms. The highest BCUT2D eigenvalue weighted by atomic mass is 35.5. The molecule has 0 aliphatic rings. The second-order valence-electron chi connectivity index (χ2n) is 7.13. The van der Waals surface area contributed by atoms with E-state index < -0.39 is 5.97 Å². The highest BCUT2D eigenvalue weighted by Crippen LogP contribution is 2.24. The number of aryl methyl sites for hydroxylation is 2. The molecule has 0 aliphatic heterocycles. The molecule has 0 atom stereocenters. The number of hydrogen-bond acceptors (Lipinski definition) is 4. The molecule has 0 bridgehead atoms. The van der Waals surface area contributed by atoms with E-state index in [-0.39, 0.29) is 6.61 Å². The van der Waals surface area contributed by atoms with Crippen molar-refractivity contribution < 1.29 is 9.53 Å². The Balaban J connectivity index is 1.43. The Bertz CT molecular complexity index is 1290. The molecule has 3 aromatic heterocycles. The summed E-state index contributed by atoms with van der Waals surface area (Å²) in [6, 6.07) is 11.5. The summed E-state index contributed by atoms with van der Waals surface area (Å²) in [6.45, 7) is 4.34. The number of carbonyl (C=O) groups excluding carboxylic acids is 1. The summed E-state index contributed by atoms with van der Waals surface area (Å²) in [6.07, 6.45) is 6.71. The first-order valence-electron chi connectivity index (χ1n) is 9.66. The van der Waals surface area contributed by atoms with Gasteiger partial charge in [-0.15, -0.1) is 0 Å². The molecule has 0 fully saturated rings. The van der Waals surface area contributed by atoms with E-state index in [4.69, 9.17) is 27.9 Å². The molecule has 0 spiro atoms. The zero-order valence-electron chi connectivity index (χ0n) is 17.0. The summed E-state index contributed by atoms with van der Waals surface area (Å²) in [5.74, 6) is -0.483. The Labute approximate surface area is 189 Å². The third kappa shape index (κ3) is 4.65. The molecule has 3 heterocycles. The molecule has 158 valence electrons. The Morgan fingerprint density at radius 1 is 1.16 bits per heavy atom. The van der Waals surface area contributed by atoms with Crippen LogP contribution in [0.4, 0.5) is 0 Å². The number of carbonyl (C=O) groups is 1. The van der Waals surface area contributed by atoms with Crippen LogP contribution in [0.15, 0.2) is 54.9 Å². The van der Waals surface area contributed by atoms with E-state index in [9.17, 15) is 4.79 Å². The molecule has 0 saturated heterocycles. The Morgan fingerprint density at radius 3 is 2.74 bits per heavy atom. The van der Waals surface area contributed by atoms with Crippen LogP contribution in [-0.4, -0.2) is 25.1 Å². The Hall–Kier alpha value is -3.09. The lowest BCUT2D eigenvalue weighted by Crippen LogP contribution is -2.02. The first-order chi connectivity index (χ1) is 14.9. The quantitative estimate of drug-likeness (QED) is 0.294. The summed E-state index contributed by atoms with van der Waals surface area (Å²) in [7, 11) is 0. The monoisotopic (exact) mass is 454 g/mol. The first-order valence-corrected chi connectivity index (χ1v) is 10.4. The Kier molecular flexibility index (Phi) is 6.11. The summed E-state index contributed by atoms with van der Waals surface area (Å²) in [4.78, 5) is 16.7. The largest absolute Gasteiger partial charge is 0.456 e. The van der Waals surface area contributed by atoms with Gasteiger partial charge in [-0.25, -0.2) is 14.5 Å². The predicted molar refractivity (Wildman–Crippen MR) is 121 cm³/mol. The lowest BCUT2D eigenvalue weighted by atomic mass is 10.2. The number of ether oxygens (including phenoxy) is 1. The van der Waals surface area contributed by atoms with E-state index in [0.717, 1.165) is 16.8 Å². The molecule has 0 saturated carbocycles. The van der Waals surface area contributed by atoms with Gasteiger partial charge < -0.3 is 9.14 Å². The topological polar surface area (TPSA) is 61.4 Å². The van der Waals surface area contributed by atoms with Gasteiger partial charge in [0.1, 0.15) is 17.4 Å². The van der Waals surface area contributed by atoms with Gasteiger partial charge in [-0.1, -0.05) is 47.5 Å². The summed E-state index contributed by atoms with van der Waals surface area (Å²) < 4.78 is 8.89. The predicted octanol–water partition coefficient (Wildman–Crippen LogP) is 5.26. The SMILES string of the molecule is Cc1nn(Cc2ccccc2Cl)c(Cl)c1/C=C/C(=O)OCc1cn2cccc(C)c2n1. The number of fused-ring (bicyclic) bond motifs is 1. The van der Waals surface area contributed by atoms with Gasteiger partial charge in [0.15, 0.2) is 0 Å². The fourth-order valence-corrected chi connectivity index (χ4v) is 3.76. The second kappa shape index (κ2) is 8.96. The minimum atomic E-state index is -0.483. The molecule has 0 unspecified atom stereocenters. The average molecular weight is 455 g/mol. The molecule has 6 nitrogen and oxygen atoms in total. The zero-order valence-corrected chi connectivity index (χ0v) is 18.6. The minimum Gasteiger partial charge on any atom is -0.456 e. The van der Waals surface area contributed by atoms with Gasteiger partial charge in [0, 0.05) is 29.1 Å². The molecule has 1 aromatic carbocycles. The van der Waals surface area contributed by atoms with Crippen molar-refractivity contribution in [3.05, 3.63) is 93.1 Å². The van der Waals surface area contributed by atoms with Crippen molar-refractivity contribution >= 4 is 40.9 Å². The summed E-state index contributed by atoms with van der Waals surface area (Å²) in [5.41, 5.74) is 4.85. The van der Waals surface area contributed by atoms with Crippen molar-refractivity contribution in [2.75, 3.05) is 0 Å². The van der Waals surface area contributed by atoms with Crippen LogP contribution in [0.25, 0.3) is 11.7 Å². The van der Waals surface area contributed by atoms with Gasteiger partial charge in [-0.2, -0.15) is 5.10 Å². The Morgan fingerprint density at radius 2 is 1.97 bits per heavy atom. The van der Waals surface area contributed by atoms with Crippen LogP contribution in [0.3, 0.4) is 0 Å². The number of halogens is 2. The second-order valence-corrected chi connectivity index (χ2v) is 7.90. The third-order valence-corrected chi connectivity index (χ3v) is 5.63. The van der Waals surface area contributed by atoms with E-state index in [0.29, 0.717) is 33.7 Å². The van der Waals surface area contributed by atoms with Crippen LogP contribution in [0.2, 0.25) is 10.2 Å². The lowest BCUT2D eigenvalue weighted by Gasteiger charge is -2.05. The molecule has 4 rings (SSSR count). The van der Waals surface area contributed by atoms with Crippen molar-refractivity contribution in [1.29, 1.82) is 0 Å². The maximum Gasteiger partial charge on any atom is 0.331 e. The molecular formula is C23H20Cl2N4O2. The van der Waals surface area contributed by atoms with Crippen LogP contribution in [0.1, 0.15) is 28.1 Å². The van der Waals surface area contributed by atoms with Gasteiger partial charge >= 0.3 is 5.97 Å². The fourth-order valence-electron chi connectivity index (χ4n) is 3.27. The van der Waals surface area contributed by atoms with Gasteiger partial charge in [0.25, 0.3) is 0 Å². The molecule has 0 amide bonds. The van der Waals surface area contributed by atoms with E-state index in [1.165, 1.54) is 6.08 Å². The number of nitrogens with zero attached hydrogens (tertiary/aromatic N) is 4. The zero-order chi connectivity index (χ0) is 22.0. The number of pyridine rings is 1. The highest BCUT2D eigenvalue weighted by Gasteiger charge is 2.13. The normalized spacial score (nSPS) is 11.5. The molecular weight excluding hydrogens is 435 g/mol. The molecule has 31 heavy (non-hydrogen) atoms. The minimum absolute atomic E-state index is 0.0861. The fraction of sp³-hybridized carbons (Fsp3) is 0.174. The first kappa shape index (κ1) is 21.2. The van der Waals surface area contributed by atoms with E-state index >= 15 is 0 Å². The van der Waals surface area contributed by atoms with E-state index in [1.54, 1.807) is 10.8 Å². The maximum absolute atomic E-state index is 12.2. The van der Waals surface area contributed by atoms with Crippen molar-refractivity contribution in [1.82, 2.24) is 19.2 Å². The standard InChI is InChI=1S/C23H20Cl2N4O2/c1-15-6-5-11-28-13-18(26-23(15)28)14-31-21(30)10-9-19-16(2)27-29(22(19)25)12-17-7-3-4-8-20(17)24/h3-11,13H,12,14H2,1-2H3/b10-9+. The number of benzene rings is 1. The number of rotatable bonds is 6. The molecule has 0 N–H and O–H groups in total. The van der Waals surface area contributed by atoms with E-state index in [2.05, 4.69) is 10.1 Å². The number of esters is 1. The van der Waals surface area contributed by atoms with Crippen LogP contribution >= 0.6 is 23.2 Å². The van der Waals surface area contributed by atoms with Gasteiger partial charge in [-0.05, 0) is 43.2 Å². The summed E-state index contributed by atoms with van der Waals surface area (Å²) in [5, 5.41) is 5.54. The highest BCUT2D eigenvalue weighted by molar-refractivity contribution is 6.32. The number of hydrogen-bond donors (Lipinski definition) is 0. The third-order valence-electron chi connectivity index (χ3n) is 4.86. The molecule has 0 radical (unpaired) electrons. The van der Waals surface area contributed by atoms with Crippen LogP contribution in [0.5, 0.6) is 0 Å². The van der Waals surface area contributed by atoms with Crippen LogP contribution in [0, 0.1) is 13.8 Å². The van der Waals surface area contributed by atoms with Crippen LogP contribution in [-0.2, 0) is 22.7 Å². The lowest BCUT2D eigenvalue weighted by molar-refractivity contribution is -0.139. The van der Waals surface area contributed by atoms with Gasteiger partial charge in [0.05, 0.1) is 17.9 Å². The summed E-state index contributed by atoms with van der Waals surface area (Å²) >= 11 is 12.7. The number of imidazole rings is 1. The average Bonchev–Trinajstić information content (AvgIpc) is 3.28. The number of aromatic nitrogens is 4. The maximum atomic E-state index is 12.2. The van der Waals surface area contributed by atoms with E-state index in [1.807, 2.05) is 67.0 Å².